The maximum atomic E-state index is 11.6. The Balaban J connectivity index is 3.21. The van der Waals surface area contributed by atoms with Gasteiger partial charge in [-0.05, 0) is 18.2 Å². The third-order valence-electron chi connectivity index (χ3n) is 2.24. The molecule has 0 aliphatic rings. The van der Waals surface area contributed by atoms with Crippen LogP contribution in [0.1, 0.15) is 20.7 Å². The number of ether oxygens (including phenoxy) is 2. The van der Waals surface area contributed by atoms with Crippen molar-refractivity contribution in [3.63, 3.8) is 0 Å². The quantitative estimate of drug-likeness (QED) is 0.670. The Bertz CT molecular complexity index is 515. The van der Waals surface area contributed by atoms with Gasteiger partial charge in [0.2, 0.25) is 5.91 Å². The Labute approximate surface area is 118 Å². The van der Waals surface area contributed by atoms with Crippen LogP contribution in [-0.4, -0.2) is 37.4 Å². The molecule has 6 nitrogen and oxygen atoms in total. The Morgan fingerprint density at radius 2 is 1.79 bits per heavy atom. The number of esters is 2. The van der Waals surface area contributed by atoms with E-state index >= 15 is 0 Å². The zero-order chi connectivity index (χ0) is 14.4. The number of hydrogen-bond donors (Lipinski definition) is 1. The molecule has 7 heteroatoms. The minimum absolute atomic E-state index is 0.0655. The van der Waals surface area contributed by atoms with Gasteiger partial charge in [0.1, 0.15) is 0 Å². The number of rotatable bonds is 4. The molecule has 0 saturated carbocycles. The van der Waals surface area contributed by atoms with Crippen LogP contribution in [0.2, 0.25) is 0 Å². The van der Waals surface area contributed by atoms with E-state index in [0.717, 1.165) is 0 Å². The average Bonchev–Trinajstić information content (AvgIpc) is 2.45. The highest BCUT2D eigenvalue weighted by Crippen LogP contribution is 2.19. The molecule has 19 heavy (non-hydrogen) atoms. The monoisotopic (exact) mass is 329 g/mol. The van der Waals surface area contributed by atoms with Crippen molar-refractivity contribution in [3.05, 3.63) is 29.3 Å². The summed E-state index contributed by atoms with van der Waals surface area (Å²) in [6, 6.07) is 4.17. The van der Waals surface area contributed by atoms with Gasteiger partial charge in [0.05, 0.1) is 36.4 Å². The van der Waals surface area contributed by atoms with Crippen molar-refractivity contribution in [1.82, 2.24) is 0 Å². The minimum Gasteiger partial charge on any atom is -0.465 e. The summed E-state index contributed by atoms with van der Waals surface area (Å²) in [6.45, 7) is 0. The molecule has 102 valence electrons. The van der Waals surface area contributed by atoms with Gasteiger partial charge in [-0.15, -0.1) is 0 Å². The predicted molar refractivity (Wildman–Crippen MR) is 71.5 cm³/mol. The molecule has 1 amide bonds. The Morgan fingerprint density at radius 1 is 1.16 bits per heavy atom. The third-order valence-corrected chi connectivity index (χ3v) is 2.75. The molecule has 0 aliphatic heterocycles. The first-order valence-electron chi connectivity index (χ1n) is 5.20. The van der Waals surface area contributed by atoms with E-state index in [1.807, 2.05) is 0 Å². The lowest BCUT2D eigenvalue weighted by atomic mass is 10.1. The SMILES string of the molecule is COC(=O)c1ccc(C(=O)OC)c(NC(=O)CBr)c1. The first-order valence-corrected chi connectivity index (χ1v) is 6.32. The smallest absolute Gasteiger partial charge is 0.339 e. The van der Waals surface area contributed by atoms with Gasteiger partial charge in [-0.25, -0.2) is 9.59 Å². The molecule has 0 bridgehead atoms. The van der Waals surface area contributed by atoms with Gasteiger partial charge in [-0.1, -0.05) is 15.9 Å². The van der Waals surface area contributed by atoms with Crippen molar-refractivity contribution in [2.75, 3.05) is 24.9 Å². The minimum atomic E-state index is -0.610. The van der Waals surface area contributed by atoms with E-state index in [2.05, 4.69) is 30.7 Å². The average molecular weight is 330 g/mol. The maximum Gasteiger partial charge on any atom is 0.339 e. The number of hydrogen-bond acceptors (Lipinski definition) is 5. The van der Waals surface area contributed by atoms with Crippen LogP contribution in [0.15, 0.2) is 18.2 Å². The van der Waals surface area contributed by atoms with E-state index in [-0.39, 0.29) is 28.1 Å². The summed E-state index contributed by atoms with van der Waals surface area (Å²) in [4.78, 5) is 34.3. The molecular formula is C12H12BrNO5. The van der Waals surface area contributed by atoms with Gasteiger partial charge in [-0.3, -0.25) is 4.79 Å². The summed E-state index contributed by atoms with van der Waals surface area (Å²) in [5.41, 5.74) is 0.573. The first kappa shape index (κ1) is 15.2. The molecule has 0 atom stereocenters. The first-order chi connectivity index (χ1) is 9.03. The molecule has 0 spiro atoms. The second-order valence-corrected chi connectivity index (χ2v) is 3.99. The van der Waals surface area contributed by atoms with Crippen LogP contribution in [0, 0.1) is 0 Å². The van der Waals surface area contributed by atoms with E-state index < -0.39 is 11.9 Å². The van der Waals surface area contributed by atoms with Gasteiger partial charge in [0.25, 0.3) is 0 Å². The molecule has 1 aromatic carbocycles. The number of anilines is 1. The molecule has 0 unspecified atom stereocenters. The number of benzene rings is 1. The standard InChI is InChI=1S/C12H12BrNO5/c1-18-11(16)7-3-4-8(12(17)19-2)9(5-7)14-10(15)6-13/h3-5H,6H2,1-2H3,(H,14,15). The predicted octanol–water partition coefficient (Wildman–Crippen LogP) is 1.59. The van der Waals surface area contributed by atoms with Crippen molar-refractivity contribution in [2.45, 2.75) is 0 Å². The molecular weight excluding hydrogens is 318 g/mol. The second-order valence-electron chi connectivity index (χ2n) is 3.43. The molecule has 1 rings (SSSR count). The van der Waals surface area contributed by atoms with E-state index in [4.69, 9.17) is 0 Å². The number of nitrogens with one attached hydrogen (secondary N) is 1. The fourth-order valence-electron chi connectivity index (χ4n) is 1.36. The zero-order valence-electron chi connectivity index (χ0n) is 10.4. The lowest BCUT2D eigenvalue weighted by Gasteiger charge is -2.10. The van der Waals surface area contributed by atoms with E-state index in [0.29, 0.717) is 0 Å². The molecule has 0 saturated heterocycles. The number of amides is 1. The van der Waals surface area contributed by atoms with Crippen molar-refractivity contribution >= 4 is 39.5 Å². The van der Waals surface area contributed by atoms with Crippen LogP contribution < -0.4 is 5.32 Å². The topological polar surface area (TPSA) is 81.7 Å². The highest BCUT2D eigenvalue weighted by Gasteiger charge is 2.16. The van der Waals surface area contributed by atoms with Crippen molar-refractivity contribution in [2.24, 2.45) is 0 Å². The van der Waals surface area contributed by atoms with Crippen molar-refractivity contribution < 1.29 is 23.9 Å². The zero-order valence-corrected chi connectivity index (χ0v) is 11.9. The lowest BCUT2D eigenvalue weighted by molar-refractivity contribution is -0.113. The highest BCUT2D eigenvalue weighted by atomic mass is 79.9. The highest BCUT2D eigenvalue weighted by molar-refractivity contribution is 9.09. The summed E-state index contributed by atoms with van der Waals surface area (Å²) in [5, 5.41) is 2.57. The van der Waals surface area contributed by atoms with E-state index in [1.165, 1.54) is 32.4 Å². The fourth-order valence-corrected chi connectivity index (χ4v) is 1.50. The summed E-state index contributed by atoms with van der Waals surface area (Å²) in [6.07, 6.45) is 0. The van der Waals surface area contributed by atoms with Crippen LogP contribution in [-0.2, 0) is 14.3 Å². The lowest BCUT2D eigenvalue weighted by Crippen LogP contribution is -2.17. The summed E-state index contributed by atoms with van der Waals surface area (Å²) in [5.74, 6) is -1.53. The van der Waals surface area contributed by atoms with Crippen LogP contribution in [0.25, 0.3) is 0 Å². The van der Waals surface area contributed by atoms with Gasteiger partial charge in [0.15, 0.2) is 0 Å². The number of halogens is 1. The molecule has 0 radical (unpaired) electrons. The largest absolute Gasteiger partial charge is 0.465 e. The van der Waals surface area contributed by atoms with Gasteiger partial charge in [0, 0.05) is 0 Å². The second kappa shape index (κ2) is 6.89. The van der Waals surface area contributed by atoms with Gasteiger partial charge < -0.3 is 14.8 Å². The molecule has 0 fully saturated rings. The van der Waals surface area contributed by atoms with E-state index in [1.54, 1.807) is 0 Å². The molecule has 0 heterocycles. The summed E-state index contributed by atoms with van der Waals surface area (Å²) < 4.78 is 9.17. The van der Waals surface area contributed by atoms with Gasteiger partial charge >= 0.3 is 11.9 Å². The van der Waals surface area contributed by atoms with Crippen LogP contribution in [0.4, 0.5) is 5.69 Å². The van der Waals surface area contributed by atoms with Crippen molar-refractivity contribution in [3.8, 4) is 0 Å². The van der Waals surface area contributed by atoms with Crippen molar-refractivity contribution in [1.29, 1.82) is 0 Å². The number of carbonyl (C=O) groups excluding carboxylic acids is 3. The van der Waals surface area contributed by atoms with Crippen LogP contribution >= 0.6 is 15.9 Å². The molecule has 1 N–H and O–H groups in total. The normalized spacial score (nSPS) is 9.63. The Kier molecular flexibility index (Phi) is 5.50. The maximum absolute atomic E-state index is 11.6. The Morgan fingerprint density at radius 3 is 2.32 bits per heavy atom. The van der Waals surface area contributed by atoms with Gasteiger partial charge in [-0.2, -0.15) is 0 Å². The van der Waals surface area contributed by atoms with Crippen LogP contribution in [0.3, 0.4) is 0 Å². The Hall–Kier alpha value is -1.89. The summed E-state index contributed by atoms with van der Waals surface area (Å²) in [7, 11) is 2.47. The number of alkyl halides is 1. The molecule has 1 aromatic rings. The fraction of sp³-hybridized carbons (Fsp3) is 0.250. The third kappa shape index (κ3) is 3.78. The molecule has 0 aromatic heterocycles. The van der Waals surface area contributed by atoms with E-state index in [9.17, 15) is 14.4 Å². The number of carbonyl (C=O) groups is 3. The summed E-state index contributed by atoms with van der Waals surface area (Å²) >= 11 is 2.99. The molecule has 0 aliphatic carbocycles. The number of methoxy groups -OCH3 is 2. The van der Waals surface area contributed by atoms with Crippen LogP contribution in [0.5, 0.6) is 0 Å².